The number of likely N-dealkylation sites (tertiary alicyclic amines) is 1. The van der Waals surface area contributed by atoms with Crippen molar-refractivity contribution >= 4 is 17.8 Å². The Morgan fingerprint density at radius 2 is 1.71 bits per heavy atom. The van der Waals surface area contributed by atoms with E-state index in [0.717, 1.165) is 45.2 Å². The van der Waals surface area contributed by atoms with E-state index in [4.69, 9.17) is 0 Å². The lowest BCUT2D eigenvalue weighted by molar-refractivity contribution is -0.135. The van der Waals surface area contributed by atoms with Gasteiger partial charge in [0.1, 0.15) is 6.54 Å². The number of piperidine rings is 1. The molecule has 1 aromatic rings. The molecule has 0 aromatic heterocycles. The molecule has 7 heteroatoms. The molecule has 3 rings (SSSR count). The molecule has 1 aliphatic carbocycles. The van der Waals surface area contributed by atoms with E-state index in [1.807, 2.05) is 18.7 Å². The van der Waals surface area contributed by atoms with E-state index in [-0.39, 0.29) is 30.3 Å². The van der Waals surface area contributed by atoms with Crippen LogP contribution in [0.15, 0.2) is 29.3 Å². The molecule has 0 spiro atoms. The number of carbonyl (C=O) groups is 2. The zero-order chi connectivity index (χ0) is 22.4. The molecule has 1 saturated heterocycles. The second-order valence-corrected chi connectivity index (χ2v) is 9.20. The number of hydrogen-bond acceptors (Lipinski definition) is 3. The van der Waals surface area contributed by atoms with Crippen molar-refractivity contribution in [3.63, 3.8) is 0 Å². The first-order valence-corrected chi connectivity index (χ1v) is 11.5. The maximum atomic E-state index is 12.3. The van der Waals surface area contributed by atoms with Crippen LogP contribution in [0, 0.1) is 5.92 Å². The highest BCUT2D eigenvalue weighted by Crippen LogP contribution is 2.21. The fraction of sp³-hybridized carbons (Fsp3) is 0.625. The molecular weight excluding hydrogens is 390 g/mol. The van der Waals surface area contributed by atoms with Gasteiger partial charge in [0.05, 0.1) is 0 Å². The number of hydrogen-bond donors (Lipinski definition) is 2. The van der Waals surface area contributed by atoms with Crippen molar-refractivity contribution < 1.29 is 9.59 Å². The number of carbonyl (C=O) groups excluding carboxylic acids is 2. The minimum atomic E-state index is -0.0209. The zero-order valence-corrected chi connectivity index (χ0v) is 19.4. The smallest absolute Gasteiger partial charge is 0.243 e. The van der Waals surface area contributed by atoms with Crippen LogP contribution in [-0.2, 0) is 22.4 Å². The fourth-order valence-corrected chi connectivity index (χ4v) is 4.24. The highest BCUT2D eigenvalue weighted by Gasteiger charge is 2.26. The summed E-state index contributed by atoms with van der Waals surface area (Å²) in [4.78, 5) is 32.5. The summed E-state index contributed by atoms with van der Waals surface area (Å²) in [6.07, 6.45) is 4.82. The van der Waals surface area contributed by atoms with E-state index in [9.17, 15) is 9.59 Å². The van der Waals surface area contributed by atoms with Gasteiger partial charge >= 0.3 is 0 Å². The molecule has 31 heavy (non-hydrogen) atoms. The molecule has 0 radical (unpaired) electrons. The van der Waals surface area contributed by atoms with Gasteiger partial charge in [-0.15, -0.1) is 0 Å². The number of nitrogens with zero attached hydrogens (tertiary/aromatic N) is 3. The molecule has 2 amide bonds. The number of benzene rings is 1. The third-order valence-corrected chi connectivity index (χ3v) is 6.20. The van der Waals surface area contributed by atoms with Crippen molar-refractivity contribution in [2.24, 2.45) is 10.9 Å². The number of amides is 2. The second kappa shape index (κ2) is 10.6. The maximum Gasteiger partial charge on any atom is 0.243 e. The van der Waals surface area contributed by atoms with Gasteiger partial charge < -0.3 is 20.4 Å². The van der Waals surface area contributed by atoms with Gasteiger partial charge in [-0.05, 0) is 43.2 Å². The largest absolute Gasteiger partial charge is 0.354 e. The summed E-state index contributed by atoms with van der Waals surface area (Å²) in [6.45, 7) is 5.54. The number of rotatable bonds is 5. The van der Waals surface area contributed by atoms with Crippen LogP contribution in [0.4, 0.5) is 0 Å². The topological polar surface area (TPSA) is 77.0 Å². The van der Waals surface area contributed by atoms with Gasteiger partial charge in [0.15, 0.2) is 5.96 Å². The predicted molar refractivity (Wildman–Crippen MR) is 124 cm³/mol. The molecule has 1 aromatic carbocycles. The molecule has 2 N–H and O–H groups in total. The van der Waals surface area contributed by atoms with Gasteiger partial charge in [0.2, 0.25) is 11.8 Å². The van der Waals surface area contributed by atoms with E-state index in [1.165, 1.54) is 11.1 Å². The summed E-state index contributed by atoms with van der Waals surface area (Å²) in [5, 5.41) is 7.12. The summed E-state index contributed by atoms with van der Waals surface area (Å²) >= 11 is 0. The monoisotopic (exact) mass is 427 g/mol. The predicted octanol–water partition coefficient (Wildman–Crippen LogP) is 1.81. The average molecular weight is 428 g/mol. The summed E-state index contributed by atoms with van der Waals surface area (Å²) in [6, 6.07) is 9.14. The molecule has 1 unspecified atom stereocenters. The zero-order valence-electron chi connectivity index (χ0n) is 19.4. The number of aryl methyl sites for hydroxylation is 1. The maximum absolute atomic E-state index is 12.3. The van der Waals surface area contributed by atoms with E-state index >= 15 is 0 Å². The fourth-order valence-electron chi connectivity index (χ4n) is 4.24. The number of aliphatic imine (C=N–C) groups is 1. The summed E-state index contributed by atoms with van der Waals surface area (Å²) < 4.78 is 0. The Morgan fingerprint density at radius 1 is 1.06 bits per heavy atom. The van der Waals surface area contributed by atoms with Gasteiger partial charge in [-0.25, -0.2) is 4.99 Å². The molecule has 1 atom stereocenters. The first kappa shape index (κ1) is 23.1. The number of likely N-dealkylation sites (N-methyl/N-ethyl adjacent to an activating group) is 1. The van der Waals surface area contributed by atoms with Crippen LogP contribution in [0.25, 0.3) is 0 Å². The minimum Gasteiger partial charge on any atom is -0.354 e. The number of guanidine groups is 1. The van der Waals surface area contributed by atoms with Crippen LogP contribution < -0.4 is 10.6 Å². The lowest BCUT2D eigenvalue weighted by Gasteiger charge is -2.35. The van der Waals surface area contributed by atoms with Crippen molar-refractivity contribution in [2.45, 2.75) is 58.0 Å². The molecule has 1 fully saturated rings. The van der Waals surface area contributed by atoms with E-state index in [0.29, 0.717) is 12.0 Å². The van der Waals surface area contributed by atoms with Crippen molar-refractivity contribution in [3.05, 3.63) is 35.4 Å². The van der Waals surface area contributed by atoms with Crippen molar-refractivity contribution in [2.75, 3.05) is 33.7 Å². The highest BCUT2D eigenvalue weighted by atomic mass is 16.2. The number of nitrogens with one attached hydrogen (secondary N) is 2. The Balaban J connectivity index is 1.61. The molecule has 170 valence electrons. The third kappa shape index (κ3) is 6.45. The van der Waals surface area contributed by atoms with Gasteiger partial charge in [0.25, 0.3) is 0 Å². The molecule has 2 aliphatic rings. The molecule has 7 nitrogen and oxygen atoms in total. The molecule has 1 heterocycles. The lowest BCUT2D eigenvalue weighted by atomic mass is 9.88. The average Bonchev–Trinajstić information content (AvgIpc) is 2.77. The third-order valence-electron chi connectivity index (χ3n) is 6.20. The minimum absolute atomic E-state index is 0.0209. The van der Waals surface area contributed by atoms with Gasteiger partial charge in [-0.2, -0.15) is 0 Å². The van der Waals surface area contributed by atoms with E-state index < -0.39 is 0 Å². The highest BCUT2D eigenvalue weighted by molar-refractivity contribution is 5.85. The van der Waals surface area contributed by atoms with E-state index in [1.54, 1.807) is 19.0 Å². The van der Waals surface area contributed by atoms with Crippen molar-refractivity contribution in [3.8, 4) is 0 Å². The van der Waals surface area contributed by atoms with Crippen LogP contribution in [0.2, 0.25) is 0 Å². The van der Waals surface area contributed by atoms with Crippen molar-refractivity contribution in [1.29, 1.82) is 0 Å². The van der Waals surface area contributed by atoms with Gasteiger partial charge in [-0.1, -0.05) is 38.1 Å². The standard InChI is InChI=1S/C24H37N5O2/c1-17(2)23(31)29-13-11-20(12-14-29)26-24(25-16-22(30)28(3)4)27-21-10-9-18-7-5-6-8-19(18)15-21/h5-8,17,20-21H,9-16H2,1-4H3,(H2,25,26,27). The second-order valence-electron chi connectivity index (χ2n) is 9.20. The Bertz CT molecular complexity index is 797. The first-order valence-electron chi connectivity index (χ1n) is 11.5. The molecule has 0 saturated carbocycles. The summed E-state index contributed by atoms with van der Waals surface area (Å²) in [5.74, 6) is 0.943. The van der Waals surface area contributed by atoms with Crippen LogP contribution >= 0.6 is 0 Å². The van der Waals surface area contributed by atoms with E-state index in [2.05, 4.69) is 39.9 Å². The number of fused-ring (bicyclic) bond motifs is 1. The Morgan fingerprint density at radius 3 is 2.35 bits per heavy atom. The van der Waals surface area contributed by atoms with Gasteiger partial charge in [0, 0.05) is 45.2 Å². The van der Waals surface area contributed by atoms with Crippen LogP contribution in [0.5, 0.6) is 0 Å². The Kier molecular flexibility index (Phi) is 7.93. The SMILES string of the molecule is CC(C)C(=O)N1CCC(NC(=NCC(=O)N(C)C)NC2CCc3ccccc3C2)CC1. The first-order chi connectivity index (χ1) is 14.8. The Hall–Kier alpha value is -2.57. The quantitative estimate of drug-likeness (QED) is 0.555. The van der Waals surface area contributed by atoms with Crippen LogP contribution in [-0.4, -0.2) is 73.4 Å². The lowest BCUT2D eigenvalue weighted by Crippen LogP contribution is -2.53. The summed E-state index contributed by atoms with van der Waals surface area (Å²) in [5.41, 5.74) is 2.81. The van der Waals surface area contributed by atoms with Gasteiger partial charge in [-0.3, -0.25) is 9.59 Å². The molecule has 1 aliphatic heterocycles. The normalized spacial score (nSPS) is 19.7. The molecular formula is C24H37N5O2. The van der Waals surface area contributed by atoms with Crippen LogP contribution in [0.1, 0.15) is 44.2 Å². The van der Waals surface area contributed by atoms with Crippen molar-refractivity contribution in [1.82, 2.24) is 20.4 Å². The van der Waals surface area contributed by atoms with Crippen LogP contribution in [0.3, 0.4) is 0 Å². The summed E-state index contributed by atoms with van der Waals surface area (Å²) in [7, 11) is 3.50. The Labute approximate surface area is 186 Å². The molecule has 0 bridgehead atoms.